The van der Waals surface area contributed by atoms with E-state index >= 15 is 0 Å². The average molecular weight is 566 g/mol. The van der Waals surface area contributed by atoms with Crippen molar-refractivity contribution in [1.82, 2.24) is 20.0 Å². The number of hydrogen-bond donors (Lipinski definition) is 1. The highest BCUT2D eigenvalue weighted by Crippen LogP contribution is 2.21. The minimum atomic E-state index is -0.276. The number of rotatable bonds is 6. The molecule has 0 saturated carbocycles. The molecule has 3 rings (SSSR count). The lowest BCUT2D eigenvalue weighted by molar-refractivity contribution is -0.147. The molecule has 0 aliphatic carbocycles. The third-order valence-electron chi connectivity index (χ3n) is 5.42. The Morgan fingerprint density at radius 3 is 2.45 bits per heavy atom. The van der Waals surface area contributed by atoms with Gasteiger partial charge in [0.1, 0.15) is 5.82 Å². The van der Waals surface area contributed by atoms with Gasteiger partial charge < -0.3 is 10.2 Å². The summed E-state index contributed by atoms with van der Waals surface area (Å²) in [4.78, 5) is 34.1. The molecule has 7 nitrogen and oxygen atoms in total. The van der Waals surface area contributed by atoms with E-state index in [1.807, 2.05) is 6.92 Å². The van der Waals surface area contributed by atoms with E-state index in [1.54, 1.807) is 12.1 Å². The number of nitrogens with one attached hydrogen (secondary N) is 1. The number of likely N-dealkylation sites (tertiary alicyclic amines) is 1. The Morgan fingerprint density at radius 2 is 1.84 bits per heavy atom. The number of piperazine rings is 1. The number of imide groups is 1. The Labute approximate surface area is 205 Å². The monoisotopic (exact) mass is 565 g/mol. The highest BCUT2D eigenvalue weighted by atomic mass is 127. The van der Waals surface area contributed by atoms with Gasteiger partial charge in [0.2, 0.25) is 11.8 Å². The van der Waals surface area contributed by atoms with Gasteiger partial charge in [-0.2, -0.15) is 0 Å². The molecular weight excluding hydrogens is 536 g/mol. The van der Waals surface area contributed by atoms with Gasteiger partial charge in [0, 0.05) is 69.2 Å². The predicted octanol–water partition coefficient (Wildman–Crippen LogP) is 2.72. The zero-order valence-corrected chi connectivity index (χ0v) is 20.9. The first kappa shape index (κ1) is 25.8. The fraction of sp³-hybridized carbons (Fsp3) is 0.571. The minimum Gasteiger partial charge on any atom is -0.357 e. The smallest absolute Gasteiger partial charge is 0.229 e. The molecule has 0 aromatic heterocycles. The third-order valence-corrected chi connectivity index (χ3v) is 5.77. The van der Waals surface area contributed by atoms with Gasteiger partial charge in [0.15, 0.2) is 5.96 Å². The van der Waals surface area contributed by atoms with E-state index in [2.05, 4.69) is 20.1 Å². The molecule has 2 saturated heterocycles. The Morgan fingerprint density at radius 1 is 1.16 bits per heavy atom. The fourth-order valence-corrected chi connectivity index (χ4v) is 3.98. The van der Waals surface area contributed by atoms with Crippen molar-refractivity contribution in [3.05, 3.63) is 34.6 Å². The molecule has 0 spiro atoms. The van der Waals surface area contributed by atoms with E-state index in [0.717, 1.165) is 38.7 Å². The van der Waals surface area contributed by atoms with Crippen LogP contribution in [-0.4, -0.2) is 78.3 Å². The van der Waals surface area contributed by atoms with Gasteiger partial charge in [-0.25, -0.2) is 4.39 Å². The zero-order valence-electron chi connectivity index (χ0n) is 17.8. The van der Waals surface area contributed by atoms with E-state index in [4.69, 9.17) is 11.6 Å². The molecule has 2 heterocycles. The Hall–Kier alpha value is -1.46. The van der Waals surface area contributed by atoms with Crippen molar-refractivity contribution in [3.63, 3.8) is 0 Å². The molecule has 1 aromatic carbocycles. The first-order valence-electron chi connectivity index (χ1n) is 10.5. The molecule has 0 radical (unpaired) electrons. The summed E-state index contributed by atoms with van der Waals surface area (Å²) in [6.45, 7) is 6.93. The maximum atomic E-state index is 14.1. The number of carbonyl (C=O) groups excluding carboxylic acids is 2. The average Bonchev–Trinajstić information content (AvgIpc) is 2.73. The van der Waals surface area contributed by atoms with Gasteiger partial charge in [-0.1, -0.05) is 17.7 Å². The summed E-state index contributed by atoms with van der Waals surface area (Å²) in [6, 6.07) is 4.76. The number of aliphatic imine (C=N–C) groups is 1. The summed E-state index contributed by atoms with van der Waals surface area (Å²) in [6.07, 6.45) is 1.51. The molecule has 31 heavy (non-hydrogen) atoms. The van der Waals surface area contributed by atoms with Gasteiger partial charge in [0.25, 0.3) is 0 Å². The first-order chi connectivity index (χ1) is 14.5. The fourth-order valence-electron chi connectivity index (χ4n) is 3.76. The molecule has 1 aromatic rings. The maximum Gasteiger partial charge on any atom is 0.229 e. The van der Waals surface area contributed by atoms with E-state index in [1.165, 1.54) is 11.0 Å². The molecule has 1 N–H and O–H groups in total. The summed E-state index contributed by atoms with van der Waals surface area (Å²) in [5.74, 6) is 0.290. The number of guanidine groups is 1. The van der Waals surface area contributed by atoms with Gasteiger partial charge in [-0.15, -0.1) is 24.0 Å². The van der Waals surface area contributed by atoms with Crippen LogP contribution >= 0.6 is 35.6 Å². The number of benzene rings is 1. The van der Waals surface area contributed by atoms with Gasteiger partial charge in [0.05, 0.1) is 6.54 Å². The van der Waals surface area contributed by atoms with Crippen LogP contribution in [0.3, 0.4) is 0 Å². The number of piperidine rings is 1. The second-order valence-corrected chi connectivity index (χ2v) is 7.90. The number of nitrogens with zero attached hydrogens (tertiary/aromatic N) is 4. The molecule has 2 aliphatic rings. The van der Waals surface area contributed by atoms with Crippen LogP contribution in [0.1, 0.15) is 31.7 Å². The van der Waals surface area contributed by atoms with Gasteiger partial charge in [-0.3, -0.25) is 24.4 Å². The molecule has 2 amide bonds. The van der Waals surface area contributed by atoms with E-state index in [-0.39, 0.29) is 41.6 Å². The van der Waals surface area contributed by atoms with Crippen molar-refractivity contribution >= 4 is 53.4 Å². The normalized spacial score (nSPS) is 18.2. The second kappa shape index (κ2) is 12.5. The van der Waals surface area contributed by atoms with Gasteiger partial charge in [-0.05, 0) is 25.5 Å². The highest BCUT2D eigenvalue weighted by molar-refractivity contribution is 14.0. The summed E-state index contributed by atoms with van der Waals surface area (Å²) in [5, 5.41) is 3.74. The summed E-state index contributed by atoms with van der Waals surface area (Å²) in [5.41, 5.74) is 0.532. The SMILES string of the molecule is CCNC(=NCCN1C(=O)CCCC1=O)N1CCN(Cc2c(F)cccc2Cl)CC1.I. The Kier molecular flexibility index (Phi) is 10.4. The number of carbonyl (C=O) groups is 2. The van der Waals surface area contributed by atoms with Crippen LogP contribution in [0.15, 0.2) is 23.2 Å². The molecular formula is C21H30ClFIN5O2. The summed E-state index contributed by atoms with van der Waals surface area (Å²) >= 11 is 6.15. The molecule has 2 aliphatic heterocycles. The third kappa shape index (κ3) is 7.01. The summed E-state index contributed by atoms with van der Waals surface area (Å²) < 4.78 is 14.1. The molecule has 2 fully saturated rings. The molecule has 0 atom stereocenters. The quantitative estimate of drug-likeness (QED) is 0.249. The van der Waals surface area contributed by atoms with Crippen LogP contribution in [0.4, 0.5) is 4.39 Å². The second-order valence-electron chi connectivity index (χ2n) is 7.49. The number of hydrogen-bond acceptors (Lipinski definition) is 4. The molecule has 10 heteroatoms. The lowest BCUT2D eigenvalue weighted by Crippen LogP contribution is -2.52. The predicted molar refractivity (Wildman–Crippen MR) is 130 cm³/mol. The van der Waals surface area contributed by atoms with Crippen LogP contribution in [-0.2, 0) is 16.1 Å². The lowest BCUT2D eigenvalue weighted by atomic mass is 10.1. The van der Waals surface area contributed by atoms with E-state index in [0.29, 0.717) is 49.5 Å². The van der Waals surface area contributed by atoms with Crippen LogP contribution in [0.5, 0.6) is 0 Å². The lowest BCUT2D eigenvalue weighted by Gasteiger charge is -2.36. The standard InChI is InChI=1S/C21H29ClFN5O2.HI/c1-2-24-21(25-9-10-28-19(29)7-4-8-20(28)30)27-13-11-26(12-14-27)15-16-17(22)5-3-6-18(16)23;/h3,5-6H,2,4,7-15H2,1H3,(H,24,25);1H. The zero-order chi connectivity index (χ0) is 21.5. The number of halogens is 3. The van der Waals surface area contributed by atoms with E-state index in [9.17, 15) is 14.0 Å². The van der Waals surface area contributed by atoms with Crippen molar-refractivity contribution in [1.29, 1.82) is 0 Å². The van der Waals surface area contributed by atoms with Crippen LogP contribution in [0.2, 0.25) is 5.02 Å². The molecule has 0 unspecified atom stereocenters. The van der Waals surface area contributed by atoms with Crippen molar-refractivity contribution in [2.24, 2.45) is 4.99 Å². The summed E-state index contributed by atoms with van der Waals surface area (Å²) in [7, 11) is 0. The first-order valence-corrected chi connectivity index (χ1v) is 10.9. The topological polar surface area (TPSA) is 68.2 Å². The Balaban J connectivity index is 0.00000341. The van der Waals surface area contributed by atoms with Crippen LogP contribution < -0.4 is 5.32 Å². The Bertz CT molecular complexity index is 766. The maximum absolute atomic E-state index is 14.1. The van der Waals surface area contributed by atoms with Crippen LogP contribution in [0, 0.1) is 5.82 Å². The molecule has 0 bridgehead atoms. The van der Waals surface area contributed by atoms with E-state index < -0.39 is 0 Å². The van der Waals surface area contributed by atoms with Crippen molar-refractivity contribution < 1.29 is 14.0 Å². The largest absolute Gasteiger partial charge is 0.357 e. The molecule has 172 valence electrons. The van der Waals surface area contributed by atoms with Crippen molar-refractivity contribution in [3.8, 4) is 0 Å². The highest BCUT2D eigenvalue weighted by Gasteiger charge is 2.25. The van der Waals surface area contributed by atoms with Gasteiger partial charge >= 0.3 is 0 Å². The number of amides is 2. The van der Waals surface area contributed by atoms with Crippen molar-refractivity contribution in [2.75, 3.05) is 45.8 Å². The minimum absolute atomic E-state index is 0. The van der Waals surface area contributed by atoms with Crippen molar-refractivity contribution in [2.45, 2.75) is 32.7 Å². The van der Waals surface area contributed by atoms with Crippen LogP contribution in [0.25, 0.3) is 0 Å².